The number of H-pyrrole nitrogens is 2. The summed E-state index contributed by atoms with van der Waals surface area (Å²) in [5.74, 6) is 0.610. The second-order valence-electron chi connectivity index (χ2n) is 6.36. The van der Waals surface area contributed by atoms with Crippen LogP contribution in [0.4, 0.5) is 5.69 Å². The maximum absolute atomic E-state index is 12.9. The smallest absolute Gasteiger partial charge is 0.277 e. The second-order valence-corrected chi connectivity index (χ2v) is 6.36. The quantitative estimate of drug-likeness (QED) is 0.546. The van der Waals surface area contributed by atoms with E-state index in [4.69, 9.17) is 4.74 Å². The van der Waals surface area contributed by atoms with Crippen molar-refractivity contribution in [3.05, 3.63) is 70.8 Å². The lowest BCUT2D eigenvalue weighted by Crippen LogP contribution is -2.26. The van der Waals surface area contributed by atoms with E-state index in [0.717, 1.165) is 5.69 Å². The molecule has 4 rings (SSSR count). The van der Waals surface area contributed by atoms with Gasteiger partial charge in [0.25, 0.3) is 11.5 Å². The molecule has 8 heteroatoms. The summed E-state index contributed by atoms with van der Waals surface area (Å²) < 4.78 is 5.74. The number of carbonyl (C=O) groups excluding carboxylic acids is 1. The molecule has 8 nitrogen and oxygen atoms in total. The summed E-state index contributed by atoms with van der Waals surface area (Å²) in [7, 11) is 1.72. The number of hydrogen-bond donors (Lipinski definition) is 2. The third-order valence-electron chi connectivity index (χ3n) is 4.53. The largest absolute Gasteiger partial charge is 0.493 e. The molecule has 0 atom stereocenters. The fourth-order valence-corrected chi connectivity index (χ4v) is 3.06. The van der Waals surface area contributed by atoms with Gasteiger partial charge >= 0.3 is 0 Å². The van der Waals surface area contributed by atoms with E-state index < -0.39 is 0 Å². The van der Waals surface area contributed by atoms with Crippen LogP contribution in [0.1, 0.15) is 17.3 Å². The van der Waals surface area contributed by atoms with Gasteiger partial charge < -0.3 is 19.6 Å². The number of aromatic amines is 2. The Labute approximate surface area is 166 Å². The van der Waals surface area contributed by atoms with Crippen molar-refractivity contribution in [1.82, 2.24) is 19.9 Å². The Morgan fingerprint density at radius 1 is 1.17 bits per heavy atom. The third kappa shape index (κ3) is 3.47. The predicted octanol–water partition coefficient (Wildman–Crippen LogP) is 2.99. The molecule has 1 amide bonds. The summed E-state index contributed by atoms with van der Waals surface area (Å²) in [6.45, 7) is 2.25. The molecule has 2 aromatic carbocycles. The lowest BCUT2D eigenvalue weighted by molar-refractivity contribution is 0.0992. The van der Waals surface area contributed by atoms with Gasteiger partial charge in [-0.25, -0.2) is 9.97 Å². The standard InChI is InChI=1S/C21H19N5O3/c1-3-29-16-11-13(21(28)26(2)14-7-5-4-6-8-14)9-10-15(16)18-24-19-17(20(27)25-18)22-12-23-19/h4-12H,3H2,1-2H3,(H2,22,23,24,25,27). The number of para-hydroxylation sites is 1. The van der Waals surface area contributed by atoms with Gasteiger partial charge in [0, 0.05) is 18.3 Å². The van der Waals surface area contributed by atoms with Crippen LogP contribution >= 0.6 is 0 Å². The van der Waals surface area contributed by atoms with Crippen LogP contribution in [0.2, 0.25) is 0 Å². The van der Waals surface area contributed by atoms with E-state index in [2.05, 4.69) is 19.9 Å². The van der Waals surface area contributed by atoms with Crippen LogP contribution in [-0.4, -0.2) is 39.5 Å². The zero-order valence-corrected chi connectivity index (χ0v) is 16.0. The molecule has 0 radical (unpaired) electrons. The first-order valence-corrected chi connectivity index (χ1v) is 9.12. The van der Waals surface area contributed by atoms with Crippen LogP contribution in [0.3, 0.4) is 0 Å². The molecule has 0 unspecified atom stereocenters. The maximum atomic E-state index is 12.9. The molecular weight excluding hydrogens is 370 g/mol. The van der Waals surface area contributed by atoms with E-state index in [1.54, 1.807) is 30.1 Å². The molecule has 146 valence electrons. The number of nitrogens with one attached hydrogen (secondary N) is 2. The number of amides is 1. The topological polar surface area (TPSA) is 104 Å². The molecule has 0 fully saturated rings. The van der Waals surface area contributed by atoms with Crippen molar-refractivity contribution in [2.45, 2.75) is 6.92 Å². The molecule has 0 saturated carbocycles. The highest BCUT2D eigenvalue weighted by molar-refractivity contribution is 6.06. The number of hydrogen-bond acceptors (Lipinski definition) is 5. The summed E-state index contributed by atoms with van der Waals surface area (Å²) in [5.41, 5.74) is 2.13. The number of ether oxygens (including phenoxy) is 1. The molecule has 4 aromatic rings. The zero-order chi connectivity index (χ0) is 20.4. The monoisotopic (exact) mass is 389 g/mol. The molecule has 0 spiro atoms. The highest BCUT2D eigenvalue weighted by Crippen LogP contribution is 2.29. The van der Waals surface area contributed by atoms with Gasteiger partial charge in [0.2, 0.25) is 0 Å². The molecule has 0 aliphatic heterocycles. The van der Waals surface area contributed by atoms with E-state index in [1.807, 2.05) is 37.3 Å². The predicted molar refractivity (Wildman–Crippen MR) is 110 cm³/mol. The van der Waals surface area contributed by atoms with Crippen LogP contribution in [0.25, 0.3) is 22.6 Å². The minimum atomic E-state index is -0.325. The minimum absolute atomic E-state index is 0.173. The summed E-state index contributed by atoms with van der Waals surface area (Å²) in [5, 5.41) is 0. The molecule has 0 bridgehead atoms. The van der Waals surface area contributed by atoms with E-state index >= 15 is 0 Å². The first-order valence-electron chi connectivity index (χ1n) is 9.12. The number of carbonyl (C=O) groups is 1. The number of imidazole rings is 1. The van der Waals surface area contributed by atoms with Gasteiger partial charge in [-0.1, -0.05) is 18.2 Å². The average Bonchev–Trinajstić information content (AvgIpc) is 3.23. The Morgan fingerprint density at radius 2 is 1.97 bits per heavy atom. The minimum Gasteiger partial charge on any atom is -0.493 e. The summed E-state index contributed by atoms with van der Waals surface area (Å²) in [6, 6.07) is 14.4. The van der Waals surface area contributed by atoms with Crippen LogP contribution in [0.5, 0.6) is 5.75 Å². The van der Waals surface area contributed by atoms with Crippen LogP contribution in [0.15, 0.2) is 59.7 Å². The Hall–Kier alpha value is -3.94. The van der Waals surface area contributed by atoms with Gasteiger partial charge in [0.05, 0.1) is 18.5 Å². The summed E-state index contributed by atoms with van der Waals surface area (Å²) in [4.78, 5) is 40.7. The van der Waals surface area contributed by atoms with Gasteiger partial charge in [-0.2, -0.15) is 0 Å². The first-order chi connectivity index (χ1) is 14.1. The SMILES string of the molecule is CCOc1cc(C(=O)N(C)c2ccccc2)ccc1-c1nc2nc[nH]c2c(=O)[nH]1. The Kier molecular flexibility index (Phi) is 4.82. The van der Waals surface area contributed by atoms with Crippen molar-refractivity contribution < 1.29 is 9.53 Å². The van der Waals surface area contributed by atoms with Crippen molar-refractivity contribution in [3.63, 3.8) is 0 Å². The zero-order valence-electron chi connectivity index (χ0n) is 16.0. The van der Waals surface area contributed by atoms with Crippen LogP contribution in [-0.2, 0) is 0 Å². The number of aromatic nitrogens is 4. The highest BCUT2D eigenvalue weighted by atomic mass is 16.5. The van der Waals surface area contributed by atoms with Crippen molar-refractivity contribution in [1.29, 1.82) is 0 Å². The Balaban J connectivity index is 1.75. The molecule has 0 saturated heterocycles. The third-order valence-corrected chi connectivity index (χ3v) is 4.53. The molecule has 2 N–H and O–H groups in total. The average molecular weight is 389 g/mol. The van der Waals surface area contributed by atoms with Gasteiger partial charge in [-0.3, -0.25) is 9.59 Å². The van der Waals surface area contributed by atoms with Crippen molar-refractivity contribution in [3.8, 4) is 17.1 Å². The molecule has 29 heavy (non-hydrogen) atoms. The normalized spacial score (nSPS) is 10.8. The molecular formula is C21H19N5O3. The van der Waals surface area contributed by atoms with E-state index in [0.29, 0.717) is 40.5 Å². The summed E-state index contributed by atoms with van der Waals surface area (Å²) in [6.07, 6.45) is 1.42. The highest BCUT2D eigenvalue weighted by Gasteiger charge is 2.18. The van der Waals surface area contributed by atoms with Crippen LogP contribution in [0, 0.1) is 0 Å². The van der Waals surface area contributed by atoms with Crippen molar-refractivity contribution in [2.75, 3.05) is 18.6 Å². The van der Waals surface area contributed by atoms with Gasteiger partial charge in [0.15, 0.2) is 11.2 Å². The van der Waals surface area contributed by atoms with E-state index in [-0.39, 0.29) is 11.5 Å². The van der Waals surface area contributed by atoms with Crippen molar-refractivity contribution >= 4 is 22.8 Å². The molecule has 2 aromatic heterocycles. The maximum Gasteiger partial charge on any atom is 0.277 e. The number of benzene rings is 2. The number of nitrogens with zero attached hydrogens (tertiary/aromatic N) is 3. The molecule has 0 aliphatic rings. The Bertz CT molecular complexity index is 1230. The second kappa shape index (κ2) is 7.59. The Morgan fingerprint density at radius 3 is 2.72 bits per heavy atom. The van der Waals surface area contributed by atoms with Gasteiger partial charge in [-0.05, 0) is 37.3 Å². The number of fused-ring (bicyclic) bond motifs is 1. The molecule has 2 heterocycles. The fraction of sp³-hybridized carbons (Fsp3) is 0.143. The lowest BCUT2D eigenvalue weighted by Gasteiger charge is -2.18. The lowest BCUT2D eigenvalue weighted by atomic mass is 10.1. The molecule has 0 aliphatic carbocycles. The van der Waals surface area contributed by atoms with Gasteiger partial charge in [-0.15, -0.1) is 0 Å². The van der Waals surface area contributed by atoms with Crippen LogP contribution < -0.4 is 15.2 Å². The van der Waals surface area contributed by atoms with Gasteiger partial charge in [0.1, 0.15) is 11.6 Å². The number of rotatable bonds is 5. The summed E-state index contributed by atoms with van der Waals surface area (Å²) >= 11 is 0. The van der Waals surface area contributed by atoms with E-state index in [9.17, 15) is 9.59 Å². The van der Waals surface area contributed by atoms with Crippen molar-refractivity contribution in [2.24, 2.45) is 0 Å². The fourth-order valence-electron chi connectivity index (χ4n) is 3.06. The first kappa shape index (κ1) is 18.4. The number of anilines is 1. The van der Waals surface area contributed by atoms with E-state index in [1.165, 1.54) is 6.33 Å².